The standard InChI is InChI=1S/C14H18ClNO3/c1-10(2)16(9-12(17)19-3)14(18)13(15)11-7-5-4-6-8-11/h4-8,10,13H,9H2,1-3H3. The molecule has 104 valence electrons. The topological polar surface area (TPSA) is 46.6 Å². The number of carbonyl (C=O) groups excluding carboxylic acids is 2. The van der Waals surface area contributed by atoms with Gasteiger partial charge in [-0.25, -0.2) is 0 Å². The molecule has 1 amide bonds. The summed E-state index contributed by atoms with van der Waals surface area (Å²) >= 11 is 6.18. The van der Waals surface area contributed by atoms with E-state index in [4.69, 9.17) is 11.6 Å². The second-order valence-corrected chi connectivity index (χ2v) is 4.85. The maximum absolute atomic E-state index is 12.3. The van der Waals surface area contributed by atoms with Gasteiger partial charge in [-0.15, -0.1) is 11.6 Å². The van der Waals surface area contributed by atoms with Crippen LogP contribution in [-0.2, 0) is 14.3 Å². The highest BCUT2D eigenvalue weighted by molar-refractivity contribution is 6.30. The van der Waals surface area contributed by atoms with Crippen LogP contribution in [0.3, 0.4) is 0 Å². The minimum atomic E-state index is -0.798. The zero-order chi connectivity index (χ0) is 14.4. The molecule has 19 heavy (non-hydrogen) atoms. The predicted molar refractivity (Wildman–Crippen MR) is 73.9 cm³/mol. The summed E-state index contributed by atoms with van der Waals surface area (Å²) in [6.45, 7) is 3.56. The molecule has 0 aromatic heterocycles. The van der Waals surface area contributed by atoms with Crippen LogP contribution in [0.1, 0.15) is 24.8 Å². The van der Waals surface area contributed by atoms with Gasteiger partial charge in [-0.2, -0.15) is 0 Å². The Hall–Kier alpha value is -1.55. The third-order valence-electron chi connectivity index (χ3n) is 2.74. The Labute approximate surface area is 118 Å². The molecule has 0 aliphatic heterocycles. The van der Waals surface area contributed by atoms with Gasteiger partial charge in [0, 0.05) is 6.04 Å². The van der Waals surface area contributed by atoms with Gasteiger partial charge in [0.2, 0.25) is 5.91 Å². The van der Waals surface area contributed by atoms with E-state index in [0.717, 1.165) is 0 Å². The van der Waals surface area contributed by atoms with Gasteiger partial charge in [0.15, 0.2) is 0 Å². The predicted octanol–water partition coefficient (Wildman–Crippen LogP) is 2.38. The zero-order valence-corrected chi connectivity index (χ0v) is 12.1. The average Bonchev–Trinajstić information content (AvgIpc) is 2.43. The SMILES string of the molecule is COC(=O)CN(C(=O)C(Cl)c1ccccc1)C(C)C. The first kappa shape index (κ1) is 15.5. The molecule has 0 saturated heterocycles. The first-order valence-electron chi connectivity index (χ1n) is 6.03. The van der Waals surface area contributed by atoms with Crippen LogP contribution in [0, 0.1) is 0 Å². The summed E-state index contributed by atoms with van der Waals surface area (Å²) in [5.41, 5.74) is 0.713. The maximum Gasteiger partial charge on any atom is 0.325 e. The van der Waals surface area contributed by atoms with Gasteiger partial charge in [-0.3, -0.25) is 9.59 Å². The van der Waals surface area contributed by atoms with Crippen LogP contribution in [0.2, 0.25) is 0 Å². The van der Waals surface area contributed by atoms with Gasteiger partial charge in [0.05, 0.1) is 7.11 Å². The molecular weight excluding hydrogens is 266 g/mol. The number of rotatable bonds is 5. The monoisotopic (exact) mass is 283 g/mol. The molecule has 0 N–H and O–H groups in total. The largest absolute Gasteiger partial charge is 0.468 e. The van der Waals surface area contributed by atoms with Crippen molar-refractivity contribution >= 4 is 23.5 Å². The van der Waals surface area contributed by atoms with Crippen LogP contribution in [0.25, 0.3) is 0 Å². The Balaban J connectivity index is 2.85. The molecule has 1 atom stereocenters. The average molecular weight is 284 g/mol. The number of methoxy groups -OCH3 is 1. The zero-order valence-electron chi connectivity index (χ0n) is 11.3. The summed E-state index contributed by atoms with van der Waals surface area (Å²) in [5, 5.41) is -0.798. The van der Waals surface area contributed by atoms with Gasteiger partial charge < -0.3 is 9.64 Å². The van der Waals surface area contributed by atoms with Crippen molar-refractivity contribution in [3.8, 4) is 0 Å². The molecule has 1 aromatic carbocycles. The molecule has 0 radical (unpaired) electrons. The van der Waals surface area contributed by atoms with E-state index in [1.54, 1.807) is 12.1 Å². The summed E-state index contributed by atoms with van der Waals surface area (Å²) in [4.78, 5) is 25.1. The Kier molecular flexibility index (Phi) is 5.83. The fraction of sp³-hybridized carbons (Fsp3) is 0.429. The van der Waals surface area contributed by atoms with Crippen LogP contribution in [0.15, 0.2) is 30.3 Å². The number of benzene rings is 1. The van der Waals surface area contributed by atoms with Crippen molar-refractivity contribution in [2.75, 3.05) is 13.7 Å². The summed E-state index contributed by atoms with van der Waals surface area (Å²) < 4.78 is 4.59. The molecule has 0 heterocycles. The second-order valence-electron chi connectivity index (χ2n) is 4.41. The van der Waals surface area contributed by atoms with E-state index in [0.29, 0.717) is 5.56 Å². The van der Waals surface area contributed by atoms with Crippen molar-refractivity contribution in [3.63, 3.8) is 0 Å². The first-order chi connectivity index (χ1) is 8.97. The van der Waals surface area contributed by atoms with Gasteiger partial charge in [-0.05, 0) is 19.4 Å². The van der Waals surface area contributed by atoms with Crippen LogP contribution in [0.4, 0.5) is 0 Å². The summed E-state index contributed by atoms with van der Waals surface area (Å²) in [6, 6.07) is 8.93. The summed E-state index contributed by atoms with van der Waals surface area (Å²) in [7, 11) is 1.29. The van der Waals surface area contributed by atoms with Gasteiger partial charge in [0.25, 0.3) is 0 Å². The van der Waals surface area contributed by atoms with E-state index in [1.165, 1.54) is 12.0 Å². The summed E-state index contributed by atoms with van der Waals surface area (Å²) in [5.74, 6) is -0.757. The molecule has 0 aliphatic carbocycles. The lowest BCUT2D eigenvalue weighted by atomic mass is 10.1. The number of esters is 1. The molecule has 1 rings (SSSR count). The number of hydrogen-bond acceptors (Lipinski definition) is 3. The van der Waals surface area contributed by atoms with Crippen LogP contribution < -0.4 is 0 Å². The number of ether oxygens (including phenoxy) is 1. The number of nitrogens with zero attached hydrogens (tertiary/aromatic N) is 1. The second kappa shape index (κ2) is 7.14. The number of carbonyl (C=O) groups is 2. The van der Waals surface area contributed by atoms with E-state index < -0.39 is 11.3 Å². The van der Waals surface area contributed by atoms with Gasteiger partial charge in [-0.1, -0.05) is 30.3 Å². The third kappa shape index (κ3) is 4.24. The van der Waals surface area contributed by atoms with Crippen LogP contribution >= 0.6 is 11.6 Å². The Morgan fingerprint density at radius 3 is 2.32 bits per heavy atom. The molecule has 0 fully saturated rings. The molecule has 0 bridgehead atoms. The number of halogens is 1. The van der Waals surface area contributed by atoms with Crippen molar-refractivity contribution in [3.05, 3.63) is 35.9 Å². The minimum absolute atomic E-state index is 0.0942. The quantitative estimate of drug-likeness (QED) is 0.616. The van der Waals surface area contributed by atoms with E-state index in [-0.39, 0.29) is 18.5 Å². The molecule has 1 aromatic rings. The van der Waals surface area contributed by atoms with Crippen molar-refractivity contribution in [2.24, 2.45) is 0 Å². The Bertz CT molecular complexity index is 434. The lowest BCUT2D eigenvalue weighted by Crippen LogP contribution is -2.42. The normalized spacial score (nSPS) is 12.1. The number of alkyl halides is 1. The highest BCUT2D eigenvalue weighted by Gasteiger charge is 2.27. The molecule has 5 heteroatoms. The molecular formula is C14H18ClNO3. The molecule has 0 saturated carbocycles. The lowest BCUT2D eigenvalue weighted by Gasteiger charge is -2.27. The first-order valence-corrected chi connectivity index (χ1v) is 6.47. The van der Waals surface area contributed by atoms with Crippen LogP contribution in [-0.4, -0.2) is 36.5 Å². The Morgan fingerprint density at radius 1 is 1.26 bits per heavy atom. The minimum Gasteiger partial charge on any atom is -0.468 e. The van der Waals surface area contributed by atoms with E-state index >= 15 is 0 Å². The van der Waals surface area contributed by atoms with E-state index in [2.05, 4.69) is 4.74 Å². The molecule has 4 nitrogen and oxygen atoms in total. The molecule has 1 unspecified atom stereocenters. The number of amides is 1. The van der Waals surface area contributed by atoms with Crippen molar-refractivity contribution < 1.29 is 14.3 Å². The maximum atomic E-state index is 12.3. The Morgan fingerprint density at radius 2 is 1.84 bits per heavy atom. The molecule has 0 spiro atoms. The van der Waals surface area contributed by atoms with Gasteiger partial charge in [0.1, 0.15) is 11.9 Å². The molecule has 0 aliphatic rings. The van der Waals surface area contributed by atoms with E-state index in [9.17, 15) is 9.59 Å². The smallest absolute Gasteiger partial charge is 0.325 e. The third-order valence-corrected chi connectivity index (χ3v) is 3.18. The number of hydrogen-bond donors (Lipinski definition) is 0. The van der Waals surface area contributed by atoms with Gasteiger partial charge >= 0.3 is 5.97 Å². The van der Waals surface area contributed by atoms with Crippen LogP contribution in [0.5, 0.6) is 0 Å². The van der Waals surface area contributed by atoms with Crippen molar-refractivity contribution in [1.82, 2.24) is 4.90 Å². The van der Waals surface area contributed by atoms with E-state index in [1.807, 2.05) is 32.0 Å². The van der Waals surface area contributed by atoms with Crippen molar-refractivity contribution in [1.29, 1.82) is 0 Å². The van der Waals surface area contributed by atoms with Crippen molar-refractivity contribution in [2.45, 2.75) is 25.3 Å². The highest BCUT2D eigenvalue weighted by atomic mass is 35.5. The fourth-order valence-electron chi connectivity index (χ4n) is 1.63. The fourth-order valence-corrected chi connectivity index (χ4v) is 1.90. The highest BCUT2D eigenvalue weighted by Crippen LogP contribution is 2.23. The summed E-state index contributed by atoms with van der Waals surface area (Å²) in [6.07, 6.45) is 0. The lowest BCUT2D eigenvalue weighted by molar-refractivity contribution is -0.148.